The van der Waals surface area contributed by atoms with Crippen molar-refractivity contribution in [2.24, 2.45) is 5.10 Å². The number of hydrogen-bond acceptors (Lipinski definition) is 3. The summed E-state index contributed by atoms with van der Waals surface area (Å²) in [6, 6.07) is 7.05. The topological polar surface area (TPSA) is 50.5 Å². The molecule has 0 radical (unpaired) electrons. The number of rotatable bonds is 6. The molecule has 1 aliphatic rings. The number of halogens is 3. The van der Waals surface area contributed by atoms with E-state index < -0.39 is 17.7 Å². The summed E-state index contributed by atoms with van der Waals surface area (Å²) in [5.41, 5.74) is 1.27. The Morgan fingerprint density at radius 1 is 1.10 bits per heavy atom. The lowest BCUT2D eigenvalue weighted by Gasteiger charge is -2.23. The first-order valence-electron chi connectivity index (χ1n) is 9.53. The number of benzene rings is 2. The lowest BCUT2D eigenvalue weighted by molar-refractivity contribution is -0.129. The smallest absolute Gasteiger partial charge is 0.269 e. The summed E-state index contributed by atoms with van der Waals surface area (Å²) in [5.74, 6) is -2.12. The number of fused-ring (bicyclic) bond motifs is 1. The van der Waals surface area contributed by atoms with Gasteiger partial charge < -0.3 is 0 Å². The Labute approximate surface area is 171 Å². The number of nitrogens with zero attached hydrogens (tertiary/aromatic N) is 4. The van der Waals surface area contributed by atoms with Crippen molar-refractivity contribution in [1.82, 2.24) is 14.8 Å². The van der Waals surface area contributed by atoms with Crippen molar-refractivity contribution >= 4 is 23.0 Å². The standard InChI is InChI=1S/C22H19F3N4O/c1-14(3-2-8-28-13-15-4-5-17(23)12-20(15)27-28)22(30)29-21(6-7-26-29)16-9-18(24)11-19(25)10-16/h4-5,7,9-13,21H,1-3,6,8H2. The van der Waals surface area contributed by atoms with E-state index in [0.717, 1.165) is 11.5 Å². The van der Waals surface area contributed by atoms with Gasteiger partial charge in [-0.15, -0.1) is 0 Å². The molecule has 1 unspecified atom stereocenters. The van der Waals surface area contributed by atoms with Gasteiger partial charge in [0.25, 0.3) is 5.91 Å². The van der Waals surface area contributed by atoms with Gasteiger partial charge in [-0.2, -0.15) is 10.2 Å². The molecule has 0 fully saturated rings. The lowest BCUT2D eigenvalue weighted by atomic mass is 10.0. The number of aromatic nitrogens is 2. The fourth-order valence-electron chi connectivity index (χ4n) is 3.53. The van der Waals surface area contributed by atoms with Crippen LogP contribution in [0.1, 0.15) is 30.9 Å². The molecule has 0 aliphatic carbocycles. The minimum absolute atomic E-state index is 0.342. The summed E-state index contributed by atoms with van der Waals surface area (Å²) >= 11 is 0. The molecule has 0 N–H and O–H groups in total. The Kier molecular flexibility index (Phi) is 5.39. The summed E-state index contributed by atoms with van der Waals surface area (Å²) in [6.07, 6.45) is 4.74. The highest BCUT2D eigenvalue weighted by Gasteiger charge is 2.30. The highest BCUT2D eigenvalue weighted by molar-refractivity contribution is 5.94. The van der Waals surface area contributed by atoms with E-state index in [1.54, 1.807) is 17.0 Å². The molecule has 8 heteroatoms. The van der Waals surface area contributed by atoms with Gasteiger partial charge in [-0.1, -0.05) is 6.58 Å². The maximum Gasteiger partial charge on any atom is 0.269 e. The van der Waals surface area contributed by atoms with Gasteiger partial charge in [0.1, 0.15) is 17.5 Å². The van der Waals surface area contributed by atoms with Crippen LogP contribution >= 0.6 is 0 Å². The van der Waals surface area contributed by atoms with Crippen molar-refractivity contribution in [2.75, 3.05) is 0 Å². The van der Waals surface area contributed by atoms with Crippen LogP contribution in [0.2, 0.25) is 0 Å². The average molecular weight is 412 g/mol. The Hall–Kier alpha value is -3.42. The number of aryl methyl sites for hydroxylation is 1. The van der Waals surface area contributed by atoms with Gasteiger partial charge >= 0.3 is 0 Å². The second-order valence-electron chi connectivity index (χ2n) is 7.20. The zero-order valence-electron chi connectivity index (χ0n) is 16.1. The molecule has 3 aromatic rings. The Bertz CT molecular complexity index is 1130. The van der Waals surface area contributed by atoms with Gasteiger partial charge in [0.15, 0.2) is 0 Å². The van der Waals surface area contributed by atoms with Gasteiger partial charge in [-0.25, -0.2) is 18.2 Å². The Morgan fingerprint density at radius 3 is 2.63 bits per heavy atom. The zero-order chi connectivity index (χ0) is 21.3. The molecule has 5 nitrogen and oxygen atoms in total. The van der Waals surface area contributed by atoms with Crippen LogP contribution in [0.4, 0.5) is 13.2 Å². The molecule has 2 aromatic carbocycles. The number of carbonyl (C=O) groups excluding carboxylic acids is 1. The summed E-state index contributed by atoms with van der Waals surface area (Å²) in [5, 5.41) is 10.5. The van der Waals surface area contributed by atoms with Crippen molar-refractivity contribution in [2.45, 2.75) is 31.8 Å². The van der Waals surface area contributed by atoms with E-state index in [0.29, 0.717) is 42.5 Å². The van der Waals surface area contributed by atoms with Gasteiger partial charge in [0.2, 0.25) is 0 Å². The number of hydrazone groups is 1. The molecule has 1 atom stereocenters. The summed E-state index contributed by atoms with van der Waals surface area (Å²) < 4.78 is 42.1. The SMILES string of the molecule is C=C(CCCn1cc2ccc(F)cc2n1)C(=O)N1N=CCC1c1cc(F)cc(F)c1. The number of carbonyl (C=O) groups is 1. The third-order valence-electron chi connectivity index (χ3n) is 4.99. The van der Waals surface area contributed by atoms with Crippen molar-refractivity contribution in [1.29, 1.82) is 0 Å². The van der Waals surface area contributed by atoms with Crippen molar-refractivity contribution in [3.8, 4) is 0 Å². The molecule has 0 saturated carbocycles. The van der Waals surface area contributed by atoms with E-state index in [2.05, 4.69) is 16.8 Å². The van der Waals surface area contributed by atoms with Gasteiger partial charge in [-0.3, -0.25) is 9.48 Å². The van der Waals surface area contributed by atoms with Crippen LogP contribution in [0.25, 0.3) is 10.9 Å². The largest absolute Gasteiger partial charge is 0.272 e. The molecule has 1 aromatic heterocycles. The second-order valence-corrected chi connectivity index (χ2v) is 7.20. The van der Waals surface area contributed by atoms with Crippen LogP contribution < -0.4 is 0 Å². The first kappa shape index (κ1) is 19.9. The van der Waals surface area contributed by atoms with Gasteiger partial charge in [0, 0.05) is 48.5 Å². The molecule has 0 saturated heterocycles. The van der Waals surface area contributed by atoms with Crippen molar-refractivity contribution < 1.29 is 18.0 Å². The normalized spacial score (nSPS) is 15.8. The molecular weight excluding hydrogens is 393 g/mol. The number of hydrogen-bond donors (Lipinski definition) is 0. The highest BCUT2D eigenvalue weighted by atomic mass is 19.1. The predicted molar refractivity (Wildman–Crippen MR) is 107 cm³/mol. The van der Waals surface area contributed by atoms with Crippen LogP contribution in [-0.2, 0) is 11.3 Å². The van der Waals surface area contributed by atoms with Gasteiger partial charge in [-0.05, 0) is 42.7 Å². The van der Waals surface area contributed by atoms with Crippen LogP contribution in [0.5, 0.6) is 0 Å². The molecule has 2 heterocycles. The van der Waals surface area contributed by atoms with Crippen LogP contribution in [0.15, 0.2) is 59.8 Å². The summed E-state index contributed by atoms with van der Waals surface area (Å²) in [6.45, 7) is 4.39. The van der Waals surface area contributed by atoms with Crippen molar-refractivity contribution in [3.05, 3.63) is 77.8 Å². The minimum Gasteiger partial charge on any atom is -0.272 e. The molecular formula is C22H19F3N4O. The Morgan fingerprint density at radius 2 is 1.87 bits per heavy atom. The molecule has 0 spiro atoms. The minimum atomic E-state index is -0.699. The van der Waals surface area contributed by atoms with E-state index >= 15 is 0 Å². The first-order chi connectivity index (χ1) is 14.4. The van der Waals surface area contributed by atoms with Crippen molar-refractivity contribution in [3.63, 3.8) is 0 Å². The quantitative estimate of drug-likeness (QED) is 0.549. The molecule has 154 valence electrons. The fraction of sp³-hybridized carbons (Fsp3) is 0.227. The zero-order valence-corrected chi connectivity index (χ0v) is 16.1. The van der Waals surface area contributed by atoms with Crippen LogP contribution in [0, 0.1) is 17.5 Å². The molecule has 30 heavy (non-hydrogen) atoms. The van der Waals surface area contributed by atoms with Gasteiger partial charge in [0.05, 0.1) is 11.6 Å². The van der Waals surface area contributed by atoms with E-state index in [1.807, 2.05) is 6.20 Å². The van der Waals surface area contributed by atoms with E-state index in [4.69, 9.17) is 0 Å². The monoisotopic (exact) mass is 412 g/mol. The fourth-order valence-corrected chi connectivity index (χ4v) is 3.53. The van der Waals surface area contributed by atoms with E-state index in [9.17, 15) is 18.0 Å². The lowest BCUT2D eigenvalue weighted by Crippen LogP contribution is -2.28. The Balaban J connectivity index is 1.37. The first-order valence-corrected chi connectivity index (χ1v) is 9.53. The third kappa shape index (κ3) is 4.12. The van der Waals surface area contributed by atoms with E-state index in [-0.39, 0.29) is 11.7 Å². The molecule has 1 amide bonds. The summed E-state index contributed by atoms with van der Waals surface area (Å²) in [4.78, 5) is 12.8. The predicted octanol–water partition coefficient (Wildman–Crippen LogP) is 4.75. The second kappa shape index (κ2) is 8.14. The average Bonchev–Trinajstić information content (AvgIpc) is 3.32. The number of amides is 1. The van der Waals surface area contributed by atoms with Crippen LogP contribution in [0.3, 0.4) is 0 Å². The van der Waals surface area contributed by atoms with E-state index in [1.165, 1.54) is 29.3 Å². The molecule has 0 bridgehead atoms. The highest BCUT2D eigenvalue weighted by Crippen LogP contribution is 2.30. The maximum atomic E-state index is 13.6. The molecule has 1 aliphatic heterocycles. The maximum absolute atomic E-state index is 13.6. The third-order valence-corrected chi connectivity index (χ3v) is 4.99. The summed E-state index contributed by atoms with van der Waals surface area (Å²) in [7, 11) is 0. The molecule has 4 rings (SSSR count). The van der Waals surface area contributed by atoms with Crippen LogP contribution in [-0.4, -0.2) is 26.9 Å².